The molecular weight excluding hydrogens is 207 g/mol. The van der Waals surface area contributed by atoms with Gasteiger partial charge in [-0.15, -0.1) is 0 Å². The first-order valence-electron chi connectivity index (χ1n) is 5.12. The highest BCUT2D eigenvalue weighted by molar-refractivity contribution is 5.59. The molecule has 0 saturated heterocycles. The van der Waals surface area contributed by atoms with Crippen LogP contribution < -0.4 is 0 Å². The summed E-state index contributed by atoms with van der Waals surface area (Å²) in [5, 5.41) is 8.86. The first kappa shape index (κ1) is 10.8. The average Bonchev–Trinajstić information content (AvgIpc) is 2.61. The van der Waals surface area contributed by atoms with Crippen molar-refractivity contribution in [1.82, 2.24) is 9.55 Å². The number of nitrogens with zero attached hydrogens (tertiary/aromatic N) is 2. The van der Waals surface area contributed by atoms with Gasteiger partial charge in [-0.2, -0.15) is 0 Å². The topological polar surface area (TPSA) is 38.0 Å². The van der Waals surface area contributed by atoms with Crippen LogP contribution in [-0.4, -0.2) is 21.3 Å². The molecule has 0 aliphatic rings. The van der Waals surface area contributed by atoms with Crippen molar-refractivity contribution >= 4 is 0 Å². The third kappa shape index (κ3) is 1.97. The summed E-state index contributed by atoms with van der Waals surface area (Å²) in [7, 11) is 0. The van der Waals surface area contributed by atoms with Crippen LogP contribution in [0.15, 0.2) is 30.5 Å². The van der Waals surface area contributed by atoms with Crippen LogP contribution in [0.4, 0.5) is 4.39 Å². The number of aliphatic hydroxyl groups is 1. The molecule has 16 heavy (non-hydrogen) atoms. The Balaban J connectivity index is 2.42. The third-order valence-corrected chi connectivity index (χ3v) is 2.47. The summed E-state index contributed by atoms with van der Waals surface area (Å²) in [6.45, 7) is 2.36. The first-order chi connectivity index (χ1) is 7.72. The molecule has 1 heterocycles. The number of rotatable bonds is 3. The Morgan fingerprint density at radius 2 is 2.12 bits per heavy atom. The van der Waals surface area contributed by atoms with E-state index in [1.165, 1.54) is 6.07 Å². The molecule has 84 valence electrons. The van der Waals surface area contributed by atoms with Crippen molar-refractivity contribution in [3.63, 3.8) is 0 Å². The lowest BCUT2D eigenvalue weighted by Crippen LogP contribution is -2.02. The van der Waals surface area contributed by atoms with Crippen LogP contribution in [0.2, 0.25) is 0 Å². The Morgan fingerprint density at radius 3 is 2.81 bits per heavy atom. The van der Waals surface area contributed by atoms with Gasteiger partial charge in [-0.1, -0.05) is 12.1 Å². The predicted octanol–water partition coefficient (Wildman–Crippen LogP) is 1.99. The van der Waals surface area contributed by atoms with Gasteiger partial charge in [0.05, 0.1) is 12.3 Å². The minimum absolute atomic E-state index is 0.0495. The van der Waals surface area contributed by atoms with E-state index in [1.54, 1.807) is 24.4 Å². The molecule has 2 rings (SSSR count). The second-order valence-electron chi connectivity index (χ2n) is 3.57. The molecule has 0 aliphatic carbocycles. The van der Waals surface area contributed by atoms with Crippen molar-refractivity contribution in [3.05, 3.63) is 42.1 Å². The zero-order valence-electron chi connectivity index (χ0n) is 9.02. The molecule has 1 N–H and O–H groups in total. The van der Waals surface area contributed by atoms with Gasteiger partial charge in [-0.05, 0) is 19.1 Å². The lowest BCUT2D eigenvalue weighted by molar-refractivity contribution is 0.275. The van der Waals surface area contributed by atoms with Crippen LogP contribution in [0.1, 0.15) is 5.82 Å². The second-order valence-corrected chi connectivity index (χ2v) is 3.57. The molecule has 1 aromatic heterocycles. The SMILES string of the molecule is Cc1nc(-c2ccccc2F)cn1CCO. The number of hydrogen-bond donors (Lipinski definition) is 1. The van der Waals surface area contributed by atoms with Gasteiger partial charge in [0.15, 0.2) is 0 Å². The zero-order valence-corrected chi connectivity index (χ0v) is 9.02. The summed E-state index contributed by atoms with van der Waals surface area (Å²) in [5.41, 5.74) is 1.09. The summed E-state index contributed by atoms with van der Waals surface area (Å²) in [6.07, 6.45) is 1.75. The number of halogens is 1. The van der Waals surface area contributed by atoms with Crippen LogP contribution in [0.5, 0.6) is 0 Å². The van der Waals surface area contributed by atoms with Gasteiger partial charge in [-0.25, -0.2) is 9.37 Å². The van der Waals surface area contributed by atoms with E-state index in [-0.39, 0.29) is 12.4 Å². The molecule has 0 unspecified atom stereocenters. The Labute approximate surface area is 93.2 Å². The Kier molecular flexibility index (Phi) is 3.01. The first-order valence-corrected chi connectivity index (χ1v) is 5.12. The smallest absolute Gasteiger partial charge is 0.132 e. The summed E-state index contributed by atoms with van der Waals surface area (Å²) in [6, 6.07) is 6.53. The highest BCUT2D eigenvalue weighted by Gasteiger charge is 2.09. The molecule has 0 atom stereocenters. The summed E-state index contributed by atoms with van der Waals surface area (Å²) >= 11 is 0. The van der Waals surface area contributed by atoms with Crippen LogP contribution in [0, 0.1) is 12.7 Å². The molecule has 0 saturated carbocycles. The zero-order chi connectivity index (χ0) is 11.5. The van der Waals surface area contributed by atoms with E-state index in [4.69, 9.17) is 5.11 Å². The second kappa shape index (κ2) is 4.45. The van der Waals surface area contributed by atoms with Crippen molar-refractivity contribution in [3.8, 4) is 11.3 Å². The molecule has 0 bridgehead atoms. The maximum absolute atomic E-state index is 13.5. The van der Waals surface area contributed by atoms with Gasteiger partial charge in [0.1, 0.15) is 11.6 Å². The number of imidazole rings is 1. The van der Waals surface area contributed by atoms with Crippen molar-refractivity contribution in [2.75, 3.05) is 6.61 Å². The summed E-state index contributed by atoms with van der Waals surface area (Å²) in [4.78, 5) is 4.27. The van der Waals surface area contributed by atoms with Crippen molar-refractivity contribution in [1.29, 1.82) is 0 Å². The molecule has 0 spiro atoms. The van der Waals surface area contributed by atoms with Crippen LogP contribution in [0.3, 0.4) is 0 Å². The lowest BCUT2D eigenvalue weighted by Gasteiger charge is -1.99. The third-order valence-electron chi connectivity index (χ3n) is 2.47. The number of aryl methyl sites for hydroxylation is 1. The Hall–Kier alpha value is -1.68. The Bertz CT molecular complexity index is 494. The van der Waals surface area contributed by atoms with E-state index in [2.05, 4.69) is 4.98 Å². The van der Waals surface area contributed by atoms with Crippen LogP contribution in [-0.2, 0) is 6.54 Å². The fourth-order valence-electron chi connectivity index (χ4n) is 1.64. The van der Waals surface area contributed by atoms with E-state index in [9.17, 15) is 4.39 Å². The lowest BCUT2D eigenvalue weighted by atomic mass is 10.1. The monoisotopic (exact) mass is 220 g/mol. The minimum Gasteiger partial charge on any atom is -0.395 e. The van der Waals surface area contributed by atoms with Crippen LogP contribution >= 0.6 is 0 Å². The molecule has 0 fully saturated rings. The molecule has 3 nitrogen and oxygen atoms in total. The number of aromatic nitrogens is 2. The molecule has 1 aromatic carbocycles. The maximum Gasteiger partial charge on any atom is 0.132 e. The quantitative estimate of drug-likeness (QED) is 0.859. The molecule has 0 aliphatic heterocycles. The highest BCUT2D eigenvalue weighted by Crippen LogP contribution is 2.21. The number of benzene rings is 1. The molecule has 0 amide bonds. The predicted molar refractivity (Wildman–Crippen MR) is 59.4 cm³/mol. The molecule has 0 radical (unpaired) electrons. The fraction of sp³-hybridized carbons (Fsp3) is 0.250. The Morgan fingerprint density at radius 1 is 1.38 bits per heavy atom. The maximum atomic E-state index is 13.5. The molecule has 2 aromatic rings. The largest absolute Gasteiger partial charge is 0.395 e. The van der Waals surface area contributed by atoms with Gasteiger partial charge < -0.3 is 9.67 Å². The van der Waals surface area contributed by atoms with E-state index in [0.29, 0.717) is 17.8 Å². The molecule has 4 heteroatoms. The fourth-order valence-corrected chi connectivity index (χ4v) is 1.64. The normalized spacial score (nSPS) is 10.7. The van der Waals surface area contributed by atoms with Gasteiger partial charge >= 0.3 is 0 Å². The minimum atomic E-state index is -0.281. The van der Waals surface area contributed by atoms with E-state index < -0.39 is 0 Å². The summed E-state index contributed by atoms with van der Waals surface area (Å²) < 4.78 is 15.3. The molecular formula is C12H13FN2O. The van der Waals surface area contributed by atoms with E-state index >= 15 is 0 Å². The van der Waals surface area contributed by atoms with Gasteiger partial charge in [0.25, 0.3) is 0 Å². The number of aliphatic hydroxyl groups excluding tert-OH is 1. The van der Waals surface area contributed by atoms with Crippen molar-refractivity contribution in [2.45, 2.75) is 13.5 Å². The average molecular weight is 220 g/mol. The van der Waals surface area contributed by atoms with Gasteiger partial charge in [-0.3, -0.25) is 0 Å². The van der Waals surface area contributed by atoms with Crippen LogP contribution in [0.25, 0.3) is 11.3 Å². The standard InChI is InChI=1S/C12H13FN2O/c1-9-14-12(8-15(9)6-7-16)10-4-2-3-5-11(10)13/h2-5,8,16H,6-7H2,1H3. The van der Waals surface area contributed by atoms with Gasteiger partial charge in [0, 0.05) is 18.3 Å². The van der Waals surface area contributed by atoms with Gasteiger partial charge in [0.2, 0.25) is 0 Å². The number of hydrogen-bond acceptors (Lipinski definition) is 2. The van der Waals surface area contributed by atoms with Crippen molar-refractivity contribution < 1.29 is 9.50 Å². The van der Waals surface area contributed by atoms with E-state index in [1.807, 2.05) is 11.5 Å². The van der Waals surface area contributed by atoms with E-state index in [0.717, 1.165) is 5.82 Å². The highest BCUT2D eigenvalue weighted by atomic mass is 19.1. The van der Waals surface area contributed by atoms with Crippen molar-refractivity contribution in [2.24, 2.45) is 0 Å². The summed E-state index contributed by atoms with van der Waals surface area (Å²) in [5.74, 6) is 0.489.